The molecule has 0 aromatic carbocycles. The van der Waals surface area contributed by atoms with E-state index in [-0.39, 0.29) is 18.1 Å². The maximum absolute atomic E-state index is 11.7. The van der Waals surface area contributed by atoms with E-state index in [0.717, 1.165) is 0 Å². The van der Waals surface area contributed by atoms with Gasteiger partial charge in [0.25, 0.3) is 0 Å². The highest BCUT2D eigenvalue weighted by Crippen LogP contribution is 2.30. The quantitative estimate of drug-likeness (QED) is 0.624. The third-order valence-electron chi connectivity index (χ3n) is 2.75. The van der Waals surface area contributed by atoms with E-state index in [1.54, 1.807) is 13.8 Å². The summed E-state index contributed by atoms with van der Waals surface area (Å²) in [7, 11) is 0. The van der Waals surface area contributed by atoms with Crippen LogP contribution in [0.3, 0.4) is 0 Å². The minimum absolute atomic E-state index is 0.313. The summed E-state index contributed by atoms with van der Waals surface area (Å²) in [5.74, 6) is -1.76. The average Bonchev–Trinajstić information content (AvgIpc) is 2.31. The first-order valence-corrected chi connectivity index (χ1v) is 4.49. The number of carbonyl (C=O) groups excluding carboxylic acids is 2. The summed E-state index contributed by atoms with van der Waals surface area (Å²) in [5, 5.41) is 10.9. The average molecular weight is 199 g/mol. The second-order valence-corrected chi connectivity index (χ2v) is 3.67. The Hall–Kier alpha value is -1.39. The summed E-state index contributed by atoms with van der Waals surface area (Å²) in [5.41, 5.74) is -1.04. The van der Waals surface area contributed by atoms with Gasteiger partial charge in [0.05, 0.1) is 12.5 Å². The monoisotopic (exact) mass is 199 g/mol. The van der Waals surface area contributed by atoms with E-state index in [1.165, 1.54) is 0 Å². The fraction of sp³-hybridized carbons (Fsp3) is 0.667. The summed E-state index contributed by atoms with van der Waals surface area (Å²) < 4.78 is 0. The number of Topliss-reactive ketones (excluding diaryl/α,β-unsaturated/α-hetero) is 1. The van der Waals surface area contributed by atoms with Gasteiger partial charge in [-0.1, -0.05) is 6.92 Å². The lowest BCUT2D eigenvalue weighted by Crippen LogP contribution is -2.32. The van der Waals surface area contributed by atoms with Crippen LogP contribution >= 0.6 is 0 Å². The zero-order chi connectivity index (χ0) is 10.9. The summed E-state index contributed by atoms with van der Waals surface area (Å²) in [4.78, 5) is 33.5. The van der Waals surface area contributed by atoms with Gasteiger partial charge in [-0.25, -0.2) is 0 Å². The van der Waals surface area contributed by atoms with Crippen molar-refractivity contribution in [1.82, 2.24) is 5.32 Å². The van der Waals surface area contributed by atoms with Crippen molar-refractivity contribution < 1.29 is 19.5 Å². The van der Waals surface area contributed by atoms with E-state index in [9.17, 15) is 14.4 Å². The van der Waals surface area contributed by atoms with Gasteiger partial charge < -0.3 is 10.4 Å². The first-order chi connectivity index (χ1) is 6.41. The molecule has 78 valence electrons. The molecule has 5 heteroatoms. The smallest absolute Gasteiger partial charge is 0.305 e. The Morgan fingerprint density at radius 3 is 2.50 bits per heavy atom. The van der Waals surface area contributed by atoms with E-state index >= 15 is 0 Å². The molecule has 0 radical (unpaired) electrons. The predicted octanol–water partition coefficient (Wildman–Crippen LogP) is -0.0551. The van der Waals surface area contributed by atoms with Crippen LogP contribution in [0.25, 0.3) is 0 Å². The van der Waals surface area contributed by atoms with Crippen LogP contribution in [0, 0.1) is 5.41 Å². The zero-order valence-electron chi connectivity index (χ0n) is 8.16. The Kier molecular flexibility index (Phi) is 2.59. The van der Waals surface area contributed by atoms with E-state index in [0.29, 0.717) is 6.42 Å². The van der Waals surface area contributed by atoms with Crippen molar-refractivity contribution in [3.8, 4) is 0 Å². The van der Waals surface area contributed by atoms with Gasteiger partial charge >= 0.3 is 5.97 Å². The first-order valence-electron chi connectivity index (χ1n) is 4.49. The van der Waals surface area contributed by atoms with E-state index in [1.807, 2.05) is 0 Å². The van der Waals surface area contributed by atoms with Gasteiger partial charge in [0.2, 0.25) is 5.91 Å². The molecule has 0 aromatic rings. The molecule has 0 saturated carbocycles. The molecule has 2 atom stereocenters. The highest BCUT2D eigenvalue weighted by atomic mass is 16.4. The minimum atomic E-state index is -1.08. The number of amides is 1. The van der Waals surface area contributed by atoms with Crippen molar-refractivity contribution in [3.63, 3.8) is 0 Å². The van der Waals surface area contributed by atoms with Gasteiger partial charge in [-0.15, -0.1) is 0 Å². The molecule has 1 heterocycles. The topological polar surface area (TPSA) is 83.5 Å². The number of hydrogen-bond donors (Lipinski definition) is 2. The van der Waals surface area contributed by atoms with Crippen molar-refractivity contribution >= 4 is 17.7 Å². The minimum Gasteiger partial charge on any atom is -0.481 e. The molecule has 0 aromatic heterocycles. The van der Waals surface area contributed by atoms with E-state index in [4.69, 9.17) is 5.11 Å². The highest BCUT2D eigenvalue weighted by Gasteiger charge is 2.50. The van der Waals surface area contributed by atoms with Gasteiger partial charge in [0.1, 0.15) is 5.41 Å². The van der Waals surface area contributed by atoms with Crippen LogP contribution < -0.4 is 5.32 Å². The number of ketones is 1. The summed E-state index contributed by atoms with van der Waals surface area (Å²) in [6.07, 6.45) is 0.0634. The lowest BCUT2D eigenvalue weighted by Gasteiger charge is -2.15. The Morgan fingerprint density at radius 2 is 2.14 bits per heavy atom. The van der Waals surface area contributed by atoms with Crippen LogP contribution in [-0.4, -0.2) is 28.8 Å². The van der Waals surface area contributed by atoms with Crippen molar-refractivity contribution in [2.24, 2.45) is 5.41 Å². The van der Waals surface area contributed by atoms with Gasteiger partial charge in [0, 0.05) is 0 Å². The van der Waals surface area contributed by atoms with Gasteiger partial charge in [0.15, 0.2) is 5.78 Å². The Morgan fingerprint density at radius 1 is 1.57 bits per heavy atom. The third kappa shape index (κ3) is 1.49. The molecular formula is C9H13NO4. The van der Waals surface area contributed by atoms with E-state index < -0.39 is 17.4 Å². The Balaban J connectivity index is 2.85. The largest absolute Gasteiger partial charge is 0.481 e. The number of hydrogen-bond acceptors (Lipinski definition) is 3. The van der Waals surface area contributed by atoms with Crippen LogP contribution in [-0.2, 0) is 14.4 Å². The van der Waals surface area contributed by atoms with Crippen LogP contribution in [0.15, 0.2) is 0 Å². The summed E-state index contributed by atoms with van der Waals surface area (Å²) in [6.45, 7) is 3.28. The standard InChI is InChI=1S/C9H13NO4/c1-3-9(2)7(13)5(4-6(11)12)10-8(9)14/h5H,3-4H2,1-2H3,(H,10,14)(H,11,12)/t5-,9?/m0/s1. The molecule has 1 fully saturated rings. The number of carbonyl (C=O) groups is 3. The number of aliphatic carboxylic acids is 1. The molecule has 2 N–H and O–H groups in total. The number of rotatable bonds is 3. The van der Waals surface area contributed by atoms with Crippen molar-refractivity contribution in [1.29, 1.82) is 0 Å². The molecule has 0 spiro atoms. The number of carboxylic acids is 1. The third-order valence-corrected chi connectivity index (χ3v) is 2.75. The van der Waals surface area contributed by atoms with Crippen molar-refractivity contribution in [3.05, 3.63) is 0 Å². The Bertz CT molecular complexity index is 299. The molecule has 1 aliphatic rings. The molecule has 14 heavy (non-hydrogen) atoms. The Labute approximate surface area is 81.5 Å². The summed E-state index contributed by atoms with van der Waals surface area (Å²) >= 11 is 0. The number of nitrogens with one attached hydrogen (secondary N) is 1. The van der Waals surface area contributed by atoms with Crippen LogP contribution in [0.4, 0.5) is 0 Å². The fourth-order valence-corrected chi connectivity index (χ4v) is 1.53. The molecular weight excluding hydrogens is 186 g/mol. The zero-order valence-corrected chi connectivity index (χ0v) is 8.16. The fourth-order valence-electron chi connectivity index (χ4n) is 1.53. The maximum atomic E-state index is 11.7. The van der Waals surface area contributed by atoms with Gasteiger partial charge in [-0.3, -0.25) is 14.4 Å². The van der Waals surface area contributed by atoms with Crippen LogP contribution in [0.1, 0.15) is 26.7 Å². The molecule has 1 rings (SSSR count). The predicted molar refractivity (Wildman–Crippen MR) is 47.6 cm³/mol. The first kappa shape index (κ1) is 10.7. The molecule has 1 saturated heterocycles. The molecule has 1 aliphatic heterocycles. The molecule has 5 nitrogen and oxygen atoms in total. The molecule has 1 unspecified atom stereocenters. The second kappa shape index (κ2) is 3.40. The maximum Gasteiger partial charge on any atom is 0.305 e. The van der Waals surface area contributed by atoms with Crippen LogP contribution in [0.2, 0.25) is 0 Å². The SMILES string of the molecule is CCC1(C)C(=O)N[C@@H](CC(=O)O)C1=O. The van der Waals surface area contributed by atoms with Crippen molar-refractivity contribution in [2.45, 2.75) is 32.7 Å². The second-order valence-electron chi connectivity index (χ2n) is 3.67. The lowest BCUT2D eigenvalue weighted by atomic mass is 9.82. The summed E-state index contributed by atoms with van der Waals surface area (Å²) in [6, 6.07) is -0.857. The van der Waals surface area contributed by atoms with Crippen molar-refractivity contribution in [2.75, 3.05) is 0 Å². The number of carboxylic acid groups (broad SMARTS) is 1. The molecule has 0 aliphatic carbocycles. The lowest BCUT2D eigenvalue weighted by molar-refractivity contribution is -0.140. The van der Waals surface area contributed by atoms with Gasteiger partial charge in [-0.05, 0) is 13.3 Å². The normalized spacial score (nSPS) is 31.7. The van der Waals surface area contributed by atoms with Gasteiger partial charge in [-0.2, -0.15) is 0 Å². The van der Waals surface area contributed by atoms with Crippen LogP contribution in [0.5, 0.6) is 0 Å². The molecule has 1 amide bonds. The van der Waals surface area contributed by atoms with E-state index in [2.05, 4.69) is 5.32 Å². The highest BCUT2D eigenvalue weighted by molar-refractivity contribution is 6.14. The molecule has 0 bridgehead atoms.